The van der Waals surface area contributed by atoms with Gasteiger partial charge in [-0.15, -0.1) is 24.0 Å². The van der Waals surface area contributed by atoms with Crippen LogP contribution in [0.15, 0.2) is 53.7 Å². The normalized spacial score (nSPS) is 15.3. The second kappa shape index (κ2) is 13.1. The molecule has 4 N–H and O–H groups in total. The van der Waals surface area contributed by atoms with Crippen LogP contribution in [0.1, 0.15) is 42.0 Å². The first-order valence-corrected chi connectivity index (χ1v) is 12.2. The number of hydrogen-bond acceptors (Lipinski definition) is 3. The van der Waals surface area contributed by atoms with Crippen molar-refractivity contribution in [2.24, 2.45) is 4.99 Å². The molecule has 2 aromatic carbocycles. The van der Waals surface area contributed by atoms with Gasteiger partial charge in [-0.2, -0.15) is 0 Å². The number of aromatic nitrogens is 1. The fourth-order valence-electron chi connectivity index (χ4n) is 4.48. The lowest BCUT2D eigenvalue weighted by molar-refractivity contribution is 0.0792. The lowest BCUT2D eigenvalue weighted by atomic mass is 10.1. The molecule has 1 saturated heterocycles. The smallest absolute Gasteiger partial charge is 0.191 e. The van der Waals surface area contributed by atoms with Gasteiger partial charge in [0.25, 0.3) is 0 Å². The molecular formula is C27H38IN5O. The molecule has 7 heteroatoms. The van der Waals surface area contributed by atoms with Gasteiger partial charge in [0.1, 0.15) is 0 Å². The zero-order chi connectivity index (χ0) is 23.0. The number of hydrogen-bond donors (Lipinski definition) is 4. The number of benzene rings is 2. The molecule has 2 heterocycles. The monoisotopic (exact) mass is 575 g/mol. The number of guanidine groups is 1. The molecule has 184 valence electrons. The molecule has 0 spiro atoms. The fourth-order valence-corrected chi connectivity index (χ4v) is 4.48. The predicted octanol–water partition coefficient (Wildman–Crippen LogP) is 4.35. The van der Waals surface area contributed by atoms with Crippen LogP contribution in [0.2, 0.25) is 0 Å². The molecule has 0 saturated carbocycles. The van der Waals surface area contributed by atoms with Crippen LogP contribution in [0.4, 0.5) is 0 Å². The van der Waals surface area contributed by atoms with Crippen LogP contribution in [0.3, 0.4) is 0 Å². The minimum atomic E-state index is -0.118. The van der Waals surface area contributed by atoms with Crippen LogP contribution in [0.25, 0.3) is 10.9 Å². The zero-order valence-electron chi connectivity index (χ0n) is 20.3. The highest BCUT2D eigenvalue weighted by Crippen LogP contribution is 2.21. The second-order valence-corrected chi connectivity index (χ2v) is 9.01. The number of nitrogens with one attached hydrogen (secondary N) is 3. The van der Waals surface area contributed by atoms with Crippen molar-refractivity contribution in [3.05, 3.63) is 70.9 Å². The molecule has 0 unspecified atom stereocenters. The molecule has 1 aliphatic heterocycles. The summed E-state index contributed by atoms with van der Waals surface area (Å²) in [7, 11) is 0. The van der Waals surface area contributed by atoms with Crippen molar-refractivity contribution in [1.29, 1.82) is 0 Å². The number of piperidine rings is 1. The van der Waals surface area contributed by atoms with Gasteiger partial charge in [-0.05, 0) is 55.4 Å². The van der Waals surface area contributed by atoms with Gasteiger partial charge in [-0.3, -0.25) is 4.90 Å². The van der Waals surface area contributed by atoms with E-state index >= 15 is 0 Å². The van der Waals surface area contributed by atoms with Crippen molar-refractivity contribution in [2.75, 3.05) is 26.2 Å². The van der Waals surface area contributed by atoms with E-state index in [4.69, 9.17) is 4.99 Å². The Labute approximate surface area is 220 Å². The van der Waals surface area contributed by atoms with Crippen LogP contribution in [0, 0.1) is 6.92 Å². The van der Waals surface area contributed by atoms with Gasteiger partial charge in [0.05, 0.1) is 12.6 Å². The van der Waals surface area contributed by atoms with Crippen molar-refractivity contribution >= 4 is 40.8 Å². The number of H-pyrrole nitrogens is 1. The third-order valence-corrected chi connectivity index (χ3v) is 6.45. The number of nitrogens with zero attached hydrogens (tertiary/aromatic N) is 2. The van der Waals surface area contributed by atoms with E-state index in [9.17, 15) is 5.11 Å². The standard InChI is InChI=1S/C27H37N5O.HI/c1-3-28-27(29-14-11-23-18-30-26-20(2)5-4-6-25(23)26)31-17-21-7-9-22(10-8-21)19-32-15-12-24(33)13-16-32;/h4-10,18,24,30,33H,3,11-17,19H2,1-2H3,(H2,28,29,31);1H. The third-order valence-electron chi connectivity index (χ3n) is 6.45. The molecule has 0 aliphatic carbocycles. The first-order valence-electron chi connectivity index (χ1n) is 12.2. The number of aliphatic hydroxyl groups is 1. The number of aliphatic hydroxyl groups excluding tert-OH is 1. The summed E-state index contributed by atoms with van der Waals surface area (Å²) >= 11 is 0. The lowest BCUT2D eigenvalue weighted by Crippen LogP contribution is -2.38. The molecule has 0 atom stereocenters. The number of aryl methyl sites for hydroxylation is 1. The summed E-state index contributed by atoms with van der Waals surface area (Å²) in [6, 6.07) is 15.2. The van der Waals surface area contributed by atoms with Crippen molar-refractivity contribution in [2.45, 2.75) is 52.3 Å². The molecule has 3 aromatic rings. The van der Waals surface area contributed by atoms with E-state index < -0.39 is 0 Å². The Kier molecular flexibility index (Phi) is 10.2. The Morgan fingerprint density at radius 2 is 1.82 bits per heavy atom. The van der Waals surface area contributed by atoms with Crippen LogP contribution in [0.5, 0.6) is 0 Å². The maximum absolute atomic E-state index is 9.67. The molecule has 34 heavy (non-hydrogen) atoms. The summed E-state index contributed by atoms with van der Waals surface area (Å²) in [4.78, 5) is 10.6. The molecule has 4 rings (SSSR count). The van der Waals surface area contributed by atoms with E-state index in [-0.39, 0.29) is 30.1 Å². The zero-order valence-corrected chi connectivity index (χ0v) is 22.6. The largest absolute Gasteiger partial charge is 0.393 e. The van der Waals surface area contributed by atoms with E-state index in [0.717, 1.165) is 57.9 Å². The van der Waals surface area contributed by atoms with Gasteiger partial charge >= 0.3 is 0 Å². The van der Waals surface area contributed by atoms with E-state index in [1.54, 1.807) is 0 Å². The maximum atomic E-state index is 9.67. The first-order chi connectivity index (χ1) is 16.1. The van der Waals surface area contributed by atoms with Gasteiger partial charge in [-0.25, -0.2) is 4.99 Å². The van der Waals surface area contributed by atoms with Crippen LogP contribution in [-0.4, -0.2) is 53.2 Å². The van der Waals surface area contributed by atoms with Crippen molar-refractivity contribution in [1.82, 2.24) is 20.5 Å². The number of fused-ring (bicyclic) bond motifs is 1. The Hall–Kier alpha value is -2.10. The van der Waals surface area contributed by atoms with E-state index in [2.05, 4.69) is 83.0 Å². The summed E-state index contributed by atoms with van der Waals surface area (Å²) in [5, 5.41) is 17.8. The number of likely N-dealkylation sites (tertiary alicyclic amines) is 1. The minimum Gasteiger partial charge on any atom is -0.393 e. The Morgan fingerprint density at radius 1 is 1.09 bits per heavy atom. The van der Waals surface area contributed by atoms with Gasteiger partial charge in [0.2, 0.25) is 0 Å². The third kappa shape index (κ3) is 7.20. The van der Waals surface area contributed by atoms with E-state index in [1.807, 2.05) is 0 Å². The van der Waals surface area contributed by atoms with Crippen LogP contribution >= 0.6 is 24.0 Å². The highest BCUT2D eigenvalue weighted by Gasteiger charge is 2.16. The Balaban J connectivity index is 0.00000324. The maximum Gasteiger partial charge on any atom is 0.191 e. The van der Waals surface area contributed by atoms with Crippen LogP contribution < -0.4 is 10.6 Å². The van der Waals surface area contributed by atoms with E-state index in [1.165, 1.54) is 33.2 Å². The summed E-state index contributed by atoms with van der Waals surface area (Å²) in [5.74, 6) is 0.851. The molecule has 1 aromatic heterocycles. The summed E-state index contributed by atoms with van der Waals surface area (Å²) < 4.78 is 0. The Bertz CT molecular complexity index is 1050. The predicted molar refractivity (Wildman–Crippen MR) is 152 cm³/mol. The molecule has 1 aliphatic rings. The molecule has 0 radical (unpaired) electrons. The Morgan fingerprint density at radius 3 is 2.56 bits per heavy atom. The summed E-state index contributed by atoms with van der Waals surface area (Å²) in [6.45, 7) is 9.45. The number of rotatable bonds is 8. The SMILES string of the molecule is CCNC(=NCc1ccc(CN2CCC(O)CC2)cc1)NCCc1c[nH]c2c(C)cccc12.I. The quantitative estimate of drug-likeness (QED) is 0.183. The number of para-hydroxylation sites is 1. The van der Waals surface area contributed by atoms with Gasteiger partial charge in [0, 0.05) is 49.8 Å². The van der Waals surface area contributed by atoms with Gasteiger partial charge in [0.15, 0.2) is 5.96 Å². The average Bonchev–Trinajstić information content (AvgIpc) is 3.24. The van der Waals surface area contributed by atoms with Crippen molar-refractivity contribution in [3.63, 3.8) is 0 Å². The van der Waals surface area contributed by atoms with Crippen molar-refractivity contribution < 1.29 is 5.11 Å². The number of aromatic amines is 1. The van der Waals surface area contributed by atoms with Gasteiger partial charge < -0.3 is 20.7 Å². The minimum absolute atomic E-state index is 0. The van der Waals surface area contributed by atoms with Crippen molar-refractivity contribution in [3.8, 4) is 0 Å². The van der Waals surface area contributed by atoms with E-state index in [0.29, 0.717) is 6.54 Å². The first kappa shape index (κ1) is 26.5. The molecule has 0 amide bonds. The molecular weight excluding hydrogens is 537 g/mol. The number of aliphatic imine (C=N–C) groups is 1. The molecule has 0 bridgehead atoms. The van der Waals surface area contributed by atoms with Gasteiger partial charge in [-0.1, -0.05) is 42.5 Å². The topological polar surface area (TPSA) is 75.7 Å². The highest BCUT2D eigenvalue weighted by molar-refractivity contribution is 14.0. The molecule has 1 fully saturated rings. The molecule has 6 nitrogen and oxygen atoms in total. The fraction of sp³-hybridized carbons (Fsp3) is 0.444. The lowest BCUT2D eigenvalue weighted by Gasteiger charge is -2.29. The second-order valence-electron chi connectivity index (χ2n) is 9.01. The summed E-state index contributed by atoms with van der Waals surface area (Å²) in [5.41, 5.74) is 6.36. The van der Waals surface area contributed by atoms with Crippen LogP contribution in [-0.2, 0) is 19.5 Å². The average molecular weight is 576 g/mol. The number of halogens is 1. The summed E-state index contributed by atoms with van der Waals surface area (Å²) in [6.07, 6.45) is 4.71. The highest BCUT2D eigenvalue weighted by atomic mass is 127.